The van der Waals surface area contributed by atoms with Crippen molar-refractivity contribution in [1.29, 1.82) is 0 Å². The van der Waals surface area contributed by atoms with E-state index < -0.39 is 0 Å². The highest BCUT2D eigenvalue weighted by Crippen LogP contribution is 2.38. The quantitative estimate of drug-likeness (QED) is 0.430. The fourth-order valence-electron chi connectivity index (χ4n) is 5.62. The smallest absolute Gasteiger partial charge is 0.236 e. The van der Waals surface area contributed by atoms with Crippen molar-refractivity contribution < 1.29 is 4.79 Å². The lowest BCUT2D eigenvalue weighted by atomic mass is 9.86. The Hall–Kier alpha value is -1.82. The number of hydrogen-bond donors (Lipinski definition) is 0. The van der Waals surface area contributed by atoms with Gasteiger partial charge in [0.15, 0.2) is 11.0 Å². The molecule has 5 nitrogen and oxygen atoms in total. The van der Waals surface area contributed by atoms with Crippen LogP contribution in [0.5, 0.6) is 0 Å². The van der Waals surface area contributed by atoms with Crippen molar-refractivity contribution in [1.82, 2.24) is 19.7 Å². The molecule has 2 aliphatic rings. The second-order valence-electron chi connectivity index (χ2n) is 11.4. The van der Waals surface area contributed by atoms with Gasteiger partial charge in [0.1, 0.15) is 0 Å². The van der Waals surface area contributed by atoms with Crippen LogP contribution in [0.4, 0.5) is 0 Å². The maximum Gasteiger partial charge on any atom is 0.236 e. The lowest BCUT2D eigenvalue weighted by Gasteiger charge is -2.40. The monoisotopic (exact) mass is 482 g/mol. The van der Waals surface area contributed by atoms with E-state index in [2.05, 4.69) is 78.5 Å². The molecule has 1 aliphatic carbocycles. The minimum Gasteiger partial charge on any atom is -0.336 e. The molecule has 1 aromatic carbocycles. The van der Waals surface area contributed by atoms with Gasteiger partial charge in [-0.05, 0) is 63.9 Å². The molecule has 3 atom stereocenters. The van der Waals surface area contributed by atoms with Gasteiger partial charge in [0, 0.05) is 23.7 Å². The first-order chi connectivity index (χ1) is 16.2. The minimum atomic E-state index is -0.175. The molecular formula is C28H42N4OS. The Morgan fingerprint density at radius 2 is 1.56 bits per heavy atom. The van der Waals surface area contributed by atoms with Crippen molar-refractivity contribution >= 4 is 17.7 Å². The zero-order chi connectivity index (χ0) is 24.5. The number of aromatic nitrogens is 3. The SMILES string of the molecule is C[C@@H]1CCC[C@@H](C)N1C(=O)[C@@H](C)Sc1nnc(-c2ccc(C(C)(C)C)cc2)n1C1CCCCC1. The minimum absolute atomic E-state index is 0.120. The van der Waals surface area contributed by atoms with Crippen LogP contribution in [-0.2, 0) is 10.2 Å². The van der Waals surface area contributed by atoms with Crippen LogP contribution in [0.2, 0.25) is 0 Å². The molecule has 1 aliphatic heterocycles. The molecule has 4 rings (SSSR count). The van der Waals surface area contributed by atoms with E-state index >= 15 is 0 Å². The maximum atomic E-state index is 13.5. The van der Waals surface area contributed by atoms with Crippen LogP contribution in [0.3, 0.4) is 0 Å². The van der Waals surface area contributed by atoms with E-state index in [4.69, 9.17) is 0 Å². The lowest BCUT2D eigenvalue weighted by molar-refractivity contribution is -0.136. The largest absolute Gasteiger partial charge is 0.336 e. The first kappa shape index (κ1) is 25.3. The number of benzene rings is 1. The number of rotatable bonds is 5. The van der Waals surface area contributed by atoms with Crippen LogP contribution in [0.15, 0.2) is 29.4 Å². The fraction of sp³-hybridized carbons (Fsp3) is 0.679. The lowest BCUT2D eigenvalue weighted by Crippen LogP contribution is -2.50. The molecule has 1 amide bonds. The first-order valence-corrected chi connectivity index (χ1v) is 14.1. The van der Waals surface area contributed by atoms with Gasteiger partial charge in [-0.3, -0.25) is 9.36 Å². The van der Waals surface area contributed by atoms with Crippen LogP contribution in [0.1, 0.15) is 105 Å². The normalized spacial score (nSPS) is 23.2. The average Bonchev–Trinajstić information content (AvgIpc) is 3.22. The summed E-state index contributed by atoms with van der Waals surface area (Å²) in [5.41, 5.74) is 2.54. The molecule has 1 saturated carbocycles. The molecule has 1 saturated heterocycles. The van der Waals surface area contributed by atoms with Crippen molar-refractivity contribution in [2.45, 2.75) is 127 Å². The summed E-state index contributed by atoms with van der Waals surface area (Å²) < 4.78 is 2.35. The second kappa shape index (κ2) is 10.4. The van der Waals surface area contributed by atoms with E-state index in [1.165, 1.54) is 31.2 Å². The Morgan fingerprint density at radius 1 is 0.941 bits per heavy atom. The third-order valence-corrected chi connectivity index (χ3v) is 8.74. The van der Waals surface area contributed by atoms with E-state index in [-0.39, 0.29) is 16.6 Å². The van der Waals surface area contributed by atoms with Crippen molar-refractivity contribution in [3.8, 4) is 11.4 Å². The highest BCUT2D eigenvalue weighted by molar-refractivity contribution is 8.00. The molecule has 0 N–H and O–H groups in total. The molecule has 0 spiro atoms. The van der Waals surface area contributed by atoms with Crippen LogP contribution >= 0.6 is 11.8 Å². The highest BCUT2D eigenvalue weighted by Gasteiger charge is 2.33. The van der Waals surface area contributed by atoms with Crippen LogP contribution in [0, 0.1) is 0 Å². The van der Waals surface area contributed by atoms with Gasteiger partial charge in [0.05, 0.1) is 5.25 Å². The topological polar surface area (TPSA) is 51.0 Å². The van der Waals surface area contributed by atoms with Gasteiger partial charge >= 0.3 is 0 Å². The van der Waals surface area contributed by atoms with Crippen LogP contribution in [0.25, 0.3) is 11.4 Å². The molecular weight excluding hydrogens is 440 g/mol. The summed E-state index contributed by atoms with van der Waals surface area (Å²) in [5, 5.41) is 10.0. The number of hydrogen-bond acceptors (Lipinski definition) is 4. The van der Waals surface area contributed by atoms with Gasteiger partial charge in [0.25, 0.3) is 0 Å². The summed E-state index contributed by atoms with van der Waals surface area (Å²) in [6, 6.07) is 9.83. The number of carbonyl (C=O) groups excluding carboxylic acids is 1. The van der Waals surface area contributed by atoms with Crippen LogP contribution in [-0.4, -0.2) is 42.9 Å². The molecule has 0 bridgehead atoms. The molecule has 0 unspecified atom stereocenters. The summed E-state index contributed by atoms with van der Waals surface area (Å²) in [5.74, 6) is 1.17. The number of likely N-dealkylation sites (tertiary alicyclic amines) is 1. The van der Waals surface area contributed by atoms with E-state index in [0.717, 1.165) is 42.2 Å². The summed E-state index contributed by atoms with van der Waals surface area (Å²) >= 11 is 1.59. The van der Waals surface area contributed by atoms with E-state index in [9.17, 15) is 4.79 Å². The summed E-state index contributed by atoms with van der Waals surface area (Å²) in [6.07, 6.45) is 9.50. The molecule has 6 heteroatoms. The number of piperidine rings is 1. The van der Waals surface area contributed by atoms with Crippen molar-refractivity contribution in [2.75, 3.05) is 0 Å². The predicted molar refractivity (Wildman–Crippen MR) is 141 cm³/mol. The van der Waals surface area contributed by atoms with Gasteiger partial charge in [0.2, 0.25) is 5.91 Å². The molecule has 2 fully saturated rings. The van der Waals surface area contributed by atoms with Crippen molar-refractivity contribution in [3.63, 3.8) is 0 Å². The van der Waals surface area contributed by atoms with E-state index in [1.807, 2.05) is 6.92 Å². The van der Waals surface area contributed by atoms with Crippen molar-refractivity contribution in [3.05, 3.63) is 29.8 Å². The molecule has 34 heavy (non-hydrogen) atoms. The Bertz CT molecular complexity index is 961. The summed E-state index contributed by atoms with van der Waals surface area (Å²) in [4.78, 5) is 15.6. The van der Waals surface area contributed by atoms with Gasteiger partial charge < -0.3 is 4.90 Å². The van der Waals surface area contributed by atoms with Gasteiger partial charge in [-0.2, -0.15) is 0 Å². The number of amides is 1. The number of thioether (sulfide) groups is 1. The molecule has 1 aromatic heterocycles. The van der Waals surface area contributed by atoms with E-state index in [0.29, 0.717) is 18.1 Å². The maximum absolute atomic E-state index is 13.5. The fourth-order valence-corrected chi connectivity index (χ4v) is 6.59. The number of carbonyl (C=O) groups is 1. The standard InChI is InChI=1S/C28H42N4OS/c1-19-11-10-12-20(2)31(19)26(33)21(3)34-27-30-29-25(32(27)24-13-8-7-9-14-24)22-15-17-23(18-16-22)28(4,5)6/h15-21,24H,7-14H2,1-6H3/t19-,20-,21-/m1/s1. The zero-order valence-corrected chi connectivity index (χ0v) is 22.7. The molecule has 2 heterocycles. The van der Waals surface area contributed by atoms with Gasteiger partial charge in [-0.15, -0.1) is 10.2 Å². The Morgan fingerprint density at radius 3 is 2.15 bits per heavy atom. The van der Waals surface area contributed by atoms with Crippen LogP contribution < -0.4 is 0 Å². The third kappa shape index (κ3) is 5.37. The van der Waals surface area contributed by atoms with E-state index in [1.54, 1.807) is 11.8 Å². The first-order valence-electron chi connectivity index (χ1n) is 13.2. The summed E-state index contributed by atoms with van der Waals surface area (Å²) in [7, 11) is 0. The van der Waals surface area contributed by atoms with Crippen molar-refractivity contribution in [2.24, 2.45) is 0 Å². The molecule has 2 aromatic rings. The summed E-state index contributed by atoms with van der Waals surface area (Å²) in [6.45, 7) is 13.1. The zero-order valence-electron chi connectivity index (χ0n) is 21.9. The molecule has 0 radical (unpaired) electrons. The number of nitrogens with zero attached hydrogens (tertiary/aromatic N) is 4. The Balaban J connectivity index is 1.62. The molecule has 186 valence electrons. The second-order valence-corrected chi connectivity index (χ2v) is 12.7. The van der Waals surface area contributed by atoms with Gasteiger partial charge in [-0.1, -0.05) is 76.1 Å². The van der Waals surface area contributed by atoms with Gasteiger partial charge in [-0.25, -0.2) is 0 Å². The Labute approximate surface area is 210 Å². The third-order valence-electron chi connectivity index (χ3n) is 7.69. The highest BCUT2D eigenvalue weighted by atomic mass is 32.2. The predicted octanol–water partition coefficient (Wildman–Crippen LogP) is 7.02. The average molecular weight is 483 g/mol. The Kier molecular flexibility index (Phi) is 7.75.